The number of benzene rings is 2. The molecule has 7 nitrogen and oxygen atoms in total. The number of fused-ring (bicyclic) bond motifs is 1. The Morgan fingerprint density at radius 1 is 1.10 bits per heavy atom. The molecular weight excluding hydrogens is 406 g/mol. The summed E-state index contributed by atoms with van der Waals surface area (Å²) in [6.45, 7) is 1.38. The van der Waals surface area contributed by atoms with Gasteiger partial charge in [-0.15, -0.1) is 0 Å². The molecule has 0 spiro atoms. The van der Waals surface area contributed by atoms with Gasteiger partial charge in [0.15, 0.2) is 11.5 Å². The SMILES string of the molecule is COc1cc2c(cc1OC)CN(C(=O)CN(C)CC(=O)Nc1ccccc1Cl)CC2. The van der Waals surface area contributed by atoms with E-state index >= 15 is 0 Å². The van der Waals surface area contributed by atoms with Crippen LogP contribution in [-0.2, 0) is 22.6 Å². The van der Waals surface area contributed by atoms with Crippen LogP contribution in [0.25, 0.3) is 0 Å². The zero-order chi connectivity index (χ0) is 21.7. The van der Waals surface area contributed by atoms with Crippen molar-refractivity contribution in [2.24, 2.45) is 0 Å². The van der Waals surface area contributed by atoms with Gasteiger partial charge in [-0.3, -0.25) is 14.5 Å². The normalized spacial score (nSPS) is 13.0. The highest BCUT2D eigenvalue weighted by Crippen LogP contribution is 2.33. The number of nitrogens with one attached hydrogen (secondary N) is 1. The number of methoxy groups -OCH3 is 2. The van der Waals surface area contributed by atoms with Crippen LogP contribution in [0.15, 0.2) is 36.4 Å². The summed E-state index contributed by atoms with van der Waals surface area (Å²) in [5.74, 6) is 1.10. The lowest BCUT2D eigenvalue weighted by Crippen LogP contribution is -2.43. The van der Waals surface area contributed by atoms with Crippen LogP contribution in [0, 0.1) is 0 Å². The summed E-state index contributed by atoms with van der Waals surface area (Å²) in [6, 6.07) is 10.9. The molecule has 0 radical (unpaired) electrons. The number of para-hydroxylation sites is 1. The molecule has 1 heterocycles. The second kappa shape index (κ2) is 9.82. The zero-order valence-electron chi connectivity index (χ0n) is 17.4. The average Bonchev–Trinajstić information content (AvgIpc) is 2.73. The van der Waals surface area contributed by atoms with Crippen molar-refractivity contribution in [2.75, 3.05) is 46.2 Å². The Bertz CT molecular complexity index is 935. The predicted molar refractivity (Wildman–Crippen MR) is 116 cm³/mol. The summed E-state index contributed by atoms with van der Waals surface area (Å²) in [6.07, 6.45) is 0.748. The van der Waals surface area contributed by atoms with Crippen molar-refractivity contribution in [3.05, 3.63) is 52.5 Å². The molecule has 30 heavy (non-hydrogen) atoms. The molecule has 1 N–H and O–H groups in total. The van der Waals surface area contributed by atoms with Crippen LogP contribution in [0.1, 0.15) is 11.1 Å². The lowest BCUT2D eigenvalue weighted by molar-refractivity contribution is -0.133. The topological polar surface area (TPSA) is 71.1 Å². The Morgan fingerprint density at radius 2 is 1.77 bits per heavy atom. The van der Waals surface area contributed by atoms with E-state index in [1.165, 1.54) is 0 Å². The number of ether oxygens (including phenoxy) is 2. The molecule has 1 aliphatic rings. The smallest absolute Gasteiger partial charge is 0.238 e. The molecule has 0 saturated heterocycles. The van der Waals surface area contributed by atoms with Crippen LogP contribution in [0.5, 0.6) is 11.5 Å². The Morgan fingerprint density at radius 3 is 2.43 bits per heavy atom. The number of hydrogen-bond acceptors (Lipinski definition) is 5. The first-order valence-corrected chi connectivity index (χ1v) is 10.0. The highest BCUT2D eigenvalue weighted by Gasteiger charge is 2.24. The number of amides is 2. The fraction of sp³-hybridized carbons (Fsp3) is 0.364. The average molecular weight is 432 g/mol. The Balaban J connectivity index is 1.56. The molecule has 2 aromatic carbocycles. The fourth-order valence-corrected chi connectivity index (χ4v) is 3.66. The molecule has 1 aliphatic heterocycles. The largest absolute Gasteiger partial charge is 0.493 e. The third kappa shape index (κ3) is 5.23. The summed E-state index contributed by atoms with van der Waals surface area (Å²) in [5.41, 5.74) is 2.76. The fourth-order valence-electron chi connectivity index (χ4n) is 3.48. The van der Waals surface area contributed by atoms with Crippen molar-refractivity contribution < 1.29 is 19.1 Å². The van der Waals surface area contributed by atoms with E-state index in [4.69, 9.17) is 21.1 Å². The van der Waals surface area contributed by atoms with Gasteiger partial charge in [-0.25, -0.2) is 0 Å². The number of halogens is 1. The second-order valence-electron chi connectivity index (χ2n) is 7.24. The van der Waals surface area contributed by atoms with Crippen molar-refractivity contribution in [3.8, 4) is 11.5 Å². The lowest BCUT2D eigenvalue weighted by Gasteiger charge is -2.31. The molecule has 0 fully saturated rings. The van der Waals surface area contributed by atoms with Crippen molar-refractivity contribution in [3.63, 3.8) is 0 Å². The molecule has 2 aromatic rings. The molecule has 160 valence electrons. The summed E-state index contributed by atoms with van der Waals surface area (Å²) in [5, 5.41) is 3.24. The van der Waals surface area contributed by atoms with E-state index in [9.17, 15) is 9.59 Å². The first-order chi connectivity index (χ1) is 14.4. The van der Waals surface area contributed by atoms with Crippen molar-refractivity contribution in [1.82, 2.24) is 9.80 Å². The summed E-state index contributed by atoms with van der Waals surface area (Å²) >= 11 is 6.07. The van der Waals surface area contributed by atoms with E-state index in [0.29, 0.717) is 35.3 Å². The number of hydrogen-bond donors (Lipinski definition) is 1. The summed E-state index contributed by atoms with van der Waals surface area (Å²) in [4.78, 5) is 28.5. The Kier molecular flexibility index (Phi) is 7.18. The molecule has 0 saturated carbocycles. The van der Waals surface area contributed by atoms with Gasteiger partial charge < -0.3 is 19.7 Å². The Hall–Kier alpha value is -2.77. The molecule has 3 rings (SSSR count). The quantitative estimate of drug-likeness (QED) is 0.730. The molecule has 0 atom stereocenters. The van der Waals surface area contributed by atoms with E-state index in [0.717, 1.165) is 17.5 Å². The number of nitrogens with zero attached hydrogens (tertiary/aromatic N) is 2. The van der Waals surface area contributed by atoms with Crippen molar-refractivity contribution in [1.29, 1.82) is 0 Å². The number of likely N-dealkylation sites (N-methyl/N-ethyl adjacent to an activating group) is 1. The van der Waals surface area contributed by atoms with Crippen molar-refractivity contribution in [2.45, 2.75) is 13.0 Å². The van der Waals surface area contributed by atoms with Gasteiger partial charge >= 0.3 is 0 Å². The van der Waals surface area contributed by atoms with Gasteiger partial charge in [0.05, 0.1) is 38.0 Å². The highest BCUT2D eigenvalue weighted by atomic mass is 35.5. The van der Waals surface area contributed by atoms with E-state index in [2.05, 4.69) is 5.32 Å². The van der Waals surface area contributed by atoms with Gasteiger partial charge in [-0.2, -0.15) is 0 Å². The maximum Gasteiger partial charge on any atom is 0.238 e. The van der Waals surface area contributed by atoms with E-state index < -0.39 is 0 Å². The maximum atomic E-state index is 12.8. The van der Waals surface area contributed by atoms with E-state index in [1.807, 2.05) is 12.1 Å². The number of carbonyl (C=O) groups excluding carboxylic acids is 2. The standard InChI is InChI=1S/C22H26ClN3O4/c1-25(13-21(27)24-18-7-5-4-6-17(18)23)14-22(28)26-9-8-15-10-19(29-2)20(30-3)11-16(15)12-26/h4-7,10-11H,8-9,12-14H2,1-3H3,(H,24,27). The van der Waals surface area contributed by atoms with Gasteiger partial charge in [0.2, 0.25) is 11.8 Å². The van der Waals surface area contributed by atoms with E-state index in [-0.39, 0.29) is 24.9 Å². The van der Waals surface area contributed by atoms with Crippen LogP contribution < -0.4 is 14.8 Å². The van der Waals surface area contributed by atoms with Gasteiger partial charge in [-0.05, 0) is 48.9 Å². The molecule has 0 bridgehead atoms. The molecule has 2 amide bonds. The Labute approximate surface area is 181 Å². The first-order valence-electron chi connectivity index (χ1n) is 9.65. The number of rotatable bonds is 7. The van der Waals surface area contributed by atoms with Gasteiger partial charge in [0.25, 0.3) is 0 Å². The first kappa shape index (κ1) is 21.9. The summed E-state index contributed by atoms with van der Waals surface area (Å²) < 4.78 is 10.7. The lowest BCUT2D eigenvalue weighted by atomic mass is 9.98. The maximum absolute atomic E-state index is 12.8. The molecule has 0 unspecified atom stereocenters. The number of carbonyl (C=O) groups is 2. The van der Waals surface area contributed by atoms with Gasteiger partial charge in [0, 0.05) is 13.1 Å². The molecule has 0 aliphatic carbocycles. The molecule has 0 aromatic heterocycles. The third-order valence-corrected chi connectivity index (χ3v) is 5.37. The molecular formula is C22H26ClN3O4. The zero-order valence-corrected chi connectivity index (χ0v) is 18.2. The minimum atomic E-state index is -0.223. The van der Waals surface area contributed by atoms with Crippen LogP contribution in [0.4, 0.5) is 5.69 Å². The minimum absolute atomic E-state index is 0.0246. The van der Waals surface area contributed by atoms with Crippen LogP contribution in [0.3, 0.4) is 0 Å². The molecule has 8 heteroatoms. The summed E-state index contributed by atoms with van der Waals surface area (Å²) in [7, 11) is 4.95. The van der Waals surface area contributed by atoms with Crippen molar-refractivity contribution >= 4 is 29.1 Å². The van der Waals surface area contributed by atoms with Crippen LogP contribution >= 0.6 is 11.6 Å². The second-order valence-corrected chi connectivity index (χ2v) is 7.65. The van der Waals surface area contributed by atoms with Crippen LogP contribution in [0.2, 0.25) is 5.02 Å². The minimum Gasteiger partial charge on any atom is -0.493 e. The highest BCUT2D eigenvalue weighted by molar-refractivity contribution is 6.33. The predicted octanol–water partition coefficient (Wildman–Crippen LogP) is 2.81. The third-order valence-electron chi connectivity index (χ3n) is 5.04. The van der Waals surface area contributed by atoms with Crippen LogP contribution in [-0.4, -0.2) is 62.5 Å². The van der Waals surface area contributed by atoms with Gasteiger partial charge in [0.1, 0.15) is 0 Å². The number of anilines is 1. The van der Waals surface area contributed by atoms with E-state index in [1.54, 1.807) is 55.3 Å². The monoisotopic (exact) mass is 431 g/mol. The van der Waals surface area contributed by atoms with Gasteiger partial charge in [-0.1, -0.05) is 23.7 Å².